The van der Waals surface area contributed by atoms with E-state index in [0.29, 0.717) is 28.7 Å². The lowest BCUT2D eigenvalue weighted by Crippen LogP contribution is -2.64. The number of aliphatic hydroxyl groups is 1. The van der Waals surface area contributed by atoms with E-state index in [4.69, 9.17) is 23.2 Å². The molecule has 0 spiro atoms. The Hall–Kier alpha value is -1.30. The van der Waals surface area contributed by atoms with Crippen LogP contribution in [-0.2, 0) is 9.59 Å². The summed E-state index contributed by atoms with van der Waals surface area (Å²) in [5.74, 6) is -0.799. The quantitative estimate of drug-likeness (QED) is 0.868. The van der Waals surface area contributed by atoms with Gasteiger partial charge in [-0.25, -0.2) is 0 Å². The summed E-state index contributed by atoms with van der Waals surface area (Å²) in [4.78, 5) is 25.7. The van der Waals surface area contributed by atoms with Crippen molar-refractivity contribution in [2.24, 2.45) is 0 Å². The first-order valence-corrected chi connectivity index (χ1v) is 7.23. The molecular weight excluding hydrogens is 315 g/mol. The van der Waals surface area contributed by atoms with Crippen molar-refractivity contribution in [2.45, 2.75) is 25.5 Å². The molecule has 1 fully saturated rings. The third-order valence-corrected chi connectivity index (χ3v) is 3.99. The molecule has 1 aliphatic heterocycles. The number of carbonyl (C=O) groups is 2. The van der Waals surface area contributed by atoms with E-state index < -0.39 is 17.6 Å². The fraction of sp³-hybridized carbons (Fsp3) is 0.429. The molecule has 2 amide bonds. The zero-order chi connectivity index (χ0) is 15.8. The summed E-state index contributed by atoms with van der Waals surface area (Å²) in [6.45, 7) is 3.97. The van der Waals surface area contributed by atoms with E-state index >= 15 is 0 Å². The maximum absolute atomic E-state index is 12.5. The Labute approximate surface area is 132 Å². The van der Waals surface area contributed by atoms with E-state index in [2.05, 4.69) is 5.32 Å². The van der Waals surface area contributed by atoms with Crippen LogP contribution >= 0.6 is 23.2 Å². The first-order valence-electron chi connectivity index (χ1n) is 6.47. The predicted octanol–water partition coefficient (Wildman–Crippen LogP) is 1.76. The molecule has 1 atom stereocenters. The summed E-state index contributed by atoms with van der Waals surface area (Å²) >= 11 is 11.8. The van der Waals surface area contributed by atoms with Gasteiger partial charge in [0.25, 0.3) is 5.91 Å². The Morgan fingerprint density at radius 1 is 1.33 bits per heavy atom. The number of carbonyl (C=O) groups excluding carboxylic acids is 2. The highest BCUT2D eigenvalue weighted by Crippen LogP contribution is 2.27. The van der Waals surface area contributed by atoms with Crippen LogP contribution in [-0.4, -0.2) is 40.4 Å². The second kappa shape index (κ2) is 5.83. The van der Waals surface area contributed by atoms with E-state index in [0.717, 1.165) is 0 Å². The second-order valence-corrected chi connectivity index (χ2v) is 6.28. The molecule has 2 N–H and O–H groups in total. The molecule has 0 radical (unpaired) electrons. The number of piperazine rings is 1. The van der Waals surface area contributed by atoms with Crippen molar-refractivity contribution < 1.29 is 14.7 Å². The number of nitrogens with zero attached hydrogens (tertiary/aromatic N) is 1. The molecule has 2 rings (SSSR count). The van der Waals surface area contributed by atoms with Gasteiger partial charge in [0.2, 0.25) is 5.91 Å². The van der Waals surface area contributed by atoms with Crippen molar-refractivity contribution in [3.8, 4) is 0 Å². The Morgan fingerprint density at radius 3 is 2.48 bits per heavy atom. The van der Waals surface area contributed by atoms with Crippen LogP contribution in [0.4, 0.5) is 0 Å². The van der Waals surface area contributed by atoms with Gasteiger partial charge in [-0.1, -0.05) is 23.2 Å². The van der Waals surface area contributed by atoms with E-state index in [-0.39, 0.29) is 5.91 Å². The zero-order valence-electron chi connectivity index (χ0n) is 11.7. The summed E-state index contributed by atoms with van der Waals surface area (Å²) in [5, 5.41) is 13.6. The molecule has 1 saturated heterocycles. The topological polar surface area (TPSA) is 69.6 Å². The molecule has 1 aliphatic rings. The largest absolute Gasteiger partial charge is 0.378 e. The number of aliphatic hydroxyl groups excluding tert-OH is 1. The molecule has 114 valence electrons. The molecular formula is C14H16Cl2N2O3. The van der Waals surface area contributed by atoms with Gasteiger partial charge in [0.1, 0.15) is 5.54 Å². The lowest BCUT2D eigenvalue weighted by Gasteiger charge is -2.42. The van der Waals surface area contributed by atoms with E-state index in [1.54, 1.807) is 13.8 Å². The summed E-state index contributed by atoms with van der Waals surface area (Å²) < 4.78 is 0. The average Bonchev–Trinajstić information content (AvgIpc) is 2.39. The predicted molar refractivity (Wildman–Crippen MR) is 80.2 cm³/mol. The van der Waals surface area contributed by atoms with Crippen LogP contribution < -0.4 is 5.32 Å². The third kappa shape index (κ3) is 3.15. The first-order chi connectivity index (χ1) is 9.73. The number of halogens is 2. The van der Waals surface area contributed by atoms with Gasteiger partial charge in [0.15, 0.2) is 6.10 Å². The molecule has 1 aromatic rings. The maximum atomic E-state index is 12.5. The molecule has 0 aliphatic carbocycles. The smallest absolute Gasteiger partial charge is 0.256 e. The number of benzene rings is 1. The lowest BCUT2D eigenvalue weighted by atomic mass is 9.97. The van der Waals surface area contributed by atoms with Crippen LogP contribution in [0.15, 0.2) is 18.2 Å². The van der Waals surface area contributed by atoms with E-state index in [1.165, 1.54) is 23.1 Å². The minimum absolute atomic E-state index is 0.251. The van der Waals surface area contributed by atoms with Crippen LogP contribution in [0.3, 0.4) is 0 Å². The van der Waals surface area contributed by atoms with Crippen molar-refractivity contribution >= 4 is 35.0 Å². The van der Waals surface area contributed by atoms with Crippen LogP contribution in [0.1, 0.15) is 25.5 Å². The Balaban J connectivity index is 2.28. The fourth-order valence-corrected chi connectivity index (χ4v) is 2.85. The molecule has 5 nitrogen and oxygen atoms in total. The highest BCUT2D eigenvalue weighted by molar-refractivity contribution is 6.34. The summed E-state index contributed by atoms with van der Waals surface area (Å²) in [5.41, 5.74) is -0.710. The van der Waals surface area contributed by atoms with Crippen molar-refractivity contribution in [2.75, 3.05) is 13.1 Å². The van der Waals surface area contributed by atoms with Crippen molar-refractivity contribution in [1.82, 2.24) is 10.2 Å². The van der Waals surface area contributed by atoms with Gasteiger partial charge in [-0.3, -0.25) is 9.59 Å². The average molecular weight is 331 g/mol. The van der Waals surface area contributed by atoms with Crippen LogP contribution in [0.25, 0.3) is 0 Å². The molecule has 7 heteroatoms. The molecule has 0 aromatic heterocycles. The van der Waals surface area contributed by atoms with Gasteiger partial charge in [-0.2, -0.15) is 0 Å². The number of rotatable bonds is 2. The number of hydrogen-bond acceptors (Lipinski definition) is 3. The lowest BCUT2D eigenvalue weighted by molar-refractivity contribution is -0.155. The molecule has 0 bridgehead atoms. The molecule has 1 aromatic carbocycles. The van der Waals surface area contributed by atoms with Gasteiger partial charge in [-0.05, 0) is 37.6 Å². The number of hydrogen-bond donors (Lipinski definition) is 2. The van der Waals surface area contributed by atoms with E-state index in [1.807, 2.05) is 0 Å². The number of amides is 2. The standard InChI is InChI=1S/C14H16Cl2N2O3/c1-14(2)13(21)17-3-4-18(14)12(20)11(19)8-5-9(15)7-10(16)6-8/h5-7,11,19H,3-4H2,1-2H3,(H,17,21). The monoisotopic (exact) mass is 330 g/mol. The minimum atomic E-state index is -1.41. The summed E-state index contributed by atoms with van der Waals surface area (Å²) in [6, 6.07) is 4.47. The Morgan fingerprint density at radius 2 is 1.90 bits per heavy atom. The summed E-state index contributed by atoms with van der Waals surface area (Å²) in [7, 11) is 0. The normalized spacial score (nSPS) is 19.1. The van der Waals surface area contributed by atoms with Crippen LogP contribution in [0.5, 0.6) is 0 Å². The maximum Gasteiger partial charge on any atom is 0.256 e. The highest BCUT2D eigenvalue weighted by atomic mass is 35.5. The number of nitrogens with one attached hydrogen (secondary N) is 1. The summed E-state index contributed by atoms with van der Waals surface area (Å²) in [6.07, 6.45) is -1.41. The molecule has 1 unspecified atom stereocenters. The van der Waals surface area contributed by atoms with Crippen molar-refractivity contribution in [3.05, 3.63) is 33.8 Å². The second-order valence-electron chi connectivity index (χ2n) is 5.41. The Kier molecular flexibility index (Phi) is 4.46. The van der Waals surface area contributed by atoms with Gasteiger partial charge >= 0.3 is 0 Å². The van der Waals surface area contributed by atoms with Gasteiger partial charge in [0, 0.05) is 23.1 Å². The fourth-order valence-electron chi connectivity index (χ4n) is 2.31. The molecule has 1 heterocycles. The SMILES string of the molecule is CC1(C)C(=O)NCCN1C(=O)C(O)c1cc(Cl)cc(Cl)c1. The van der Waals surface area contributed by atoms with Crippen molar-refractivity contribution in [3.63, 3.8) is 0 Å². The van der Waals surface area contributed by atoms with E-state index in [9.17, 15) is 14.7 Å². The Bertz CT molecular complexity index is 569. The highest BCUT2D eigenvalue weighted by Gasteiger charge is 2.42. The third-order valence-electron chi connectivity index (χ3n) is 3.55. The molecule has 0 saturated carbocycles. The van der Waals surface area contributed by atoms with Crippen LogP contribution in [0.2, 0.25) is 10.0 Å². The van der Waals surface area contributed by atoms with Gasteiger partial charge in [0.05, 0.1) is 0 Å². The first kappa shape index (κ1) is 16.1. The van der Waals surface area contributed by atoms with Crippen molar-refractivity contribution in [1.29, 1.82) is 0 Å². The zero-order valence-corrected chi connectivity index (χ0v) is 13.2. The van der Waals surface area contributed by atoms with Crippen LogP contribution in [0, 0.1) is 0 Å². The van der Waals surface area contributed by atoms with Gasteiger partial charge < -0.3 is 15.3 Å². The molecule has 21 heavy (non-hydrogen) atoms. The minimum Gasteiger partial charge on any atom is -0.378 e. The van der Waals surface area contributed by atoms with Gasteiger partial charge in [-0.15, -0.1) is 0 Å².